The Morgan fingerprint density at radius 1 is 1.61 bits per heavy atom. The van der Waals surface area contributed by atoms with Crippen molar-refractivity contribution in [2.24, 2.45) is 10.7 Å². The van der Waals surface area contributed by atoms with Crippen molar-refractivity contribution in [3.05, 3.63) is 12.3 Å². The van der Waals surface area contributed by atoms with E-state index in [-0.39, 0.29) is 0 Å². The second-order valence-corrected chi connectivity index (χ2v) is 3.97. The van der Waals surface area contributed by atoms with E-state index in [4.69, 9.17) is 11.0 Å². The van der Waals surface area contributed by atoms with E-state index in [1.165, 1.54) is 0 Å². The molecule has 0 amide bonds. The summed E-state index contributed by atoms with van der Waals surface area (Å²) >= 11 is 0. The molecule has 0 unspecified atom stereocenters. The highest BCUT2D eigenvalue weighted by molar-refractivity contribution is 5.91. The Bertz CT molecular complexity index is 414. The molecule has 0 aliphatic carbocycles. The van der Waals surface area contributed by atoms with Crippen LogP contribution in [0.3, 0.4) is 0 Å². The predicted octanol–water partition coefficient (Wildman–Crippen LogP) is 1.71. The van der Waals surface area contributed by atoms with E-state index in [0.29, 0.717) is 24.7 Å². The minimum absolute atomic E-state index is 0.395. The van der Waals surface area contributed by atoms with Gasteiger partial charge in [-0.1, -0.05) is 6.92 Å². The van der Waals surface area contributed by atoms with E-state index >= 15 is 0 Å². The minimum atomic E-state index is 0.395. The number of hydrogen-bond donors (Lipinski definition) is 2. The molecular formula is C12H20N6. The summed E-state index contributed by atoms with van der Waals surface area (Å²) in [5.41, 5.74) is 5.69. The molecule has 0 saturated heterocycles. The molecule has 0 saturated carbocycles. The second-order valence-electron chi connectivity index (χ2n) is 3.97. The van der Waals surface area contributed by atoms with Crippen LogP contribution in [0.5, 0.6) is 0 Å². The minimum Gasteiger partial charge on any atom is -0.370 e. The Morgan fingerprint density at radius 3 is 3.17 bits per heavy atom. The Hall–Kier alpha value is -2.03. The molecule has 6 heteroatoms. The molecular weight excluding hydrogens is 228 g/mol. The van der Waals surface area contributed by atoms with Crippen molar-refractivity contribution in [1.29, 1.82) is 5.26 Å². The van der Waals surface area contributed by atoms with Crippen molar-refractivity contribution in [2.45, 2.75) is 39.2 Å². The van der Waals surface area contributed by atoms with Crippen LogP contribution in [0.1, 0.15) is 32.6 Å². The van der Waals surface area contributed by atoms with Crippen LogP contribution in [0.4, 0.5) is 5.82 Å². The molecule has 0 aliphatic heterocycles. The van der Waals surface area contributed by atoms with E-state index in [9.17, 15) is 0 Å². The van der Waals surface area contributed by atoms with Gasteiger partial charge in [-0.3, -0.25) is 9.67 Å². The first-order valence-corrected chi connectivity index (χ1v) is 6.23. The van der Waals surface area contributed by atoms with Crippen molar-refractivity contribution >= 4 is 11.8 Å². The Morgan fingerprint density at radius 2 is 2.44 bits per heavy atom. The smallest absolute Gasteiger partial charge is 0.194 e. The molecule has 18 heavy (non-hydrogen) atoms. The summed E-state index contributed by atoms with van der Waals surface area (Å²) in [7, 11) is 0. The van der Waals surface area contributed by atoms with E-state index < -0.39 is 0 Å². The summed E-state index contributed by atoms with van der Waals surface area (Å²) in [6.45, 7) is 3.58. The van der Waals surface area contributed by atoms with Gasteiger partial charge in [-0.2, -0.15) is 10.4 Å². The van der Waals surface area contributed by atoms with Gasteiger partial charge in [0.25, 0.3) is 0 Å². The summed E-state index contributed by atoms with van der Waals surface area (Å²) < 4.78 is 1.84. The fourth-order valence-electron chi connectivity index (χ4n) is 1.43. The number of guanidine groups is 1. The summed E-state index contributed by atoms with van der Waals surface area (Å²) in [4.78, 5) is 4.13. The average molecular weight is 248 g/mol. The second kappa shape index (κ2) is 8.12. The highest BCUT2D eigenvalue weighted by Crippen LogP contribution is 2.04. The maximum Gasteiger partial charge on any atom is 0.194 e. The largest absolute Gasteiger partial charge is 0.370 e. The summed E-state index contributed by atoms with van der Waals surface area (Å²) in [6.07, 6.45) is 5.31. The van der Waals surface area contributed by atoms with Gasteiger partial charge in [0.2, 0.25) is 0 Å². The number of nitriles is 1. The zero-order chi connectivity index (χ0) is 13.2. The number of anilines is 1. The number of nitrogens with two attached hydrogens (primary N) is 1. The fourth-order valence-corrected chi connectivity index (χ4v) is 1.43. The van der Waals surface area contributed by atoms with E-state index in [1.807, 2.05) is 23.9 Å². The van der Waals surface area contributed by atoms with Gasteiger partial charge in [0.15, 0.2) is 11.8 Å². The Balaban J connectivity index is 2.36. The SMILES string of the molecule is CCC/N=C(/N)Nc1ccn(CCCCC#N)n1. The zero-order valence-corrected chi connectivity index (χ0v) is 10.8. The first-order chi connectivity index (χ1) is 8.76. The van der Waals surface area contributed by atoms with Gasteiger partial charge in [0.05, 0.1) is 6.07 Å². The number of nitrogens with zero attached hydrogens (tertiary/aromatic N) is 4. The van der Waals surface area contributed by atoms with Crippen LogP contribution in [-0.2, 0) is 6.54 Å². The number of aliphatic imine (C=N–C) groups is 1. The number of aromatic nitrogens is 2. The molecule has 0 radical (unpaired) electrons. The zero-order valence-electron chi connectivity index (χ0n) is 10.8. The number of aryl methyl sites for hydroxylation is 1. The van der Waals surface area contributed by atoms with Crippen LogP contribution in [-0.4, -0.2) is 22.3 Å². The molecule has 1 aromatic rings. The molecule has 1 aromatic heterocycles. The van der Waals surface area contributed by atoms with Gasteiger partial charge in [-0.15, -0.1) is 0 Å². The van der Waals surface area contributed by atoms with Crippen molar-refractivity contribution in [3.63, 3.8) is 0 Å². The monoisotopic (exact) mass is 248 g/mol. The maximum atomic E-state index is 8.43. The fraction of sp³-hybridized carbons (Fsp3) is 0.583. The molecule has 0 spiro atoms. The van der Waals surface area contributed by atoms with Gasteiger partial charge in [-0.05, 0) is 19.3 Å². The molecule has 98 valence electrons. The molecule has 0 aliphatic rings. The maximum absolute atomic E-state index is 8.43. The molecule has 1 rings (SSSR count). The normalized spacial score (nSPS) is 11.2. The lowest BCUT2D eigenvalue weighted by Crippen LogP contribution is -2.23. The molecule has 1 heterocycles. The van der Waals surface area contributed by atoms with Gasteiger partial charge >= 0.3 is 0 Å². The van der Waals surface area contributed by atoms with Gasteiger partial charge in [-0.25, -0.2) is 0 Å². The standard InChI is InChI=1S/C12H20N6/c1-2-8-15-12(14)16-11-6-10-18(17-11)9-5-3-4-7-13/h6,10H,2-5,8-9H2,1H3,(H3,14,15,16,17). The van der Waals surface area contributed by atoms with Crippen LogP contribution in [0, 0.1) is 11.3 Å². The first-order valence-electron chi connectivity index (χ1n) is 6.23. The molecule has 3 N–H and O–H groups in total. The van der Waals surface area contributed by atoms with Crippen molar-refractivity contribution in [3.8, 4) is 6.07 Å². The molecule has 0 atom stereocenters. The van der Waals surface area contributed by atoms with Gasteiger partial charge < -0.3 is 11.1 Å². The Kier molecular flexibility index (Phi) is 6.33. The molecule has 0 bridgehead atoms. The molecule has 0 aromatic carbocycles. The number of hydrogen-bond acceptors (Lipinski definition) is 3. The lowest BCUT2D eigenvalue weighted by atomic mass is 10.2. The van der Waals surface area contributed by atoms with E-state index in [1.54, 1.807) is 0 Å². The van der Waals surface area contributed by atoms with E-state index in [0.717, 1.165) is 25.8 Å². The summed E-state index contributed by atoms with van der Waals surface area (Å²) in [5, 5.41) is 15.7. The van der Waals surface area contributed by atoms with Crippen LogP contribution in [0.15, 0.2) is 17.3 Å². The van der Waals surface area contributed by atoms with Crippen molar-refractivity contribution in [1.82, 2.24) is 9.78 Å². The van der Waals surface area contributed by atoms with Crippen LogP contribution < -0.4 is 11.1 Å². The van der Waals surface area contributed by atoms with Crippen LogP contribution in [0.25, 0.3) is 0 Å². The third-order valence-electron chi connectivity index (χ3n) is 2.33. The van der Waals surface area contributed by atoms with Crippen LogP contribution in [0.2, 0.25) is 0 Å². The van der Waals surface area contributed by atoms with Crippen molar-refractivity contribution in [2.75, 3.05) is 11.9 Å². The molecule has 0 fully saturated rings. The van der Waals surface area contributed by atoms with Crippen LogP contribution >= 0.6 is 0 Å². The average Bonchev–Trinajstić information content (AvgIpc) is 2.80. The summed E-state index contributed by atoms with van der Waals surface area (Å²) in [5.74, 6) is 1.10. The third kappa shape index (κ3) is 5.34. The highest BCUT2D eigenvalue weighted by atomic mass is 15.3. The number of nitrogens with one attached hydrogen (secondary N) is 1. The van der Waals surface area contributed by atoms with Gasteiger partial charge in [0.1, 0.15) is 0 Å². The molecule has 6 nitrogen and oxygen atoms in total. The first kappa shape index (κ1) is 14.0. The van der Waals surface area contributed by atoms with Gasteiger partial charge in [0, 0.05) is 31.8 Å². The quantitative estimate of drug-likeness (QED) is 0.436. The lowest BCUT2D eigenvalue weighted by molar-refractivity contribution is 0.563. The highest BCUT2D eigenvalue weighted by Gasteiger charge is 1.99. The third-order valence-corrected chi connectivity index (χ3v) is 2.33. The summed E-state index contributed by atoms with van der Waals surface area (Å²) in [6, 6.07) is 3.99. The number of unbranched alkanes of at least 4 members (excludes halogenated alkanes) is 2. The number of rotatable bonds is 7. The predicted molar refractivity (Wildman–Crippen MR) is 72.1 cm³/mol. The Labute approximate surface area is 108 Å². The lowest BCUT2D eigenvalue weighted by Gasteiger charge is -2.02. The van der Waals surface area contributed by atoms with Crippen molar-refractivity contribution < 1.29 is 0 Å². The van der Waals surface area contributed by atoms with E-state index in [2.05, 4.69) is 21.5 Å². The topological polar surface area (TPSA) is 92.0 Å².